The van der Waals surface area contributed by atoms with Gasteiger partial charge in [-0.15, -0.1) is 0 Å². The minimum atomic E-state index is 0.125. The Balaban J connectivity index is 2.25. The first-order valence-corrected chi connectivity index (χ1v) is 7.58. The summed E-state index contributed by atoms with van der Waals surface area (Å²) >= 11 is 3.52. The van der Waals surface area contributed by atoms with Gasteiger partial charge in [-0.25, -0.2) is 0 Å². The van der Waals surface area contributed by atoms with Crippen LogP contribution in [0.25, 0.3) is 0 Å². The maximum atomic E-state index is 5.46. The fourth-order valence-corrected chi connectivity index (χ4v) is 2.93. The molecule has 0 aliphatic rings. The molecule has 3 nitrogen and oxygen atoms in total. The molecule has 0 bridgehead atoms. The normalized spacial score (nSPS) is 11.9. The van der Waals surface area contributed by atoms with E-state index in [4.69, 9.17) is 9.47 Å². The minimum Gasteiger partial charge on any atom is -0.497 e. The smallest absolute Gasteiger partial charge is 0.127 e. The molecular weight excluding hydrogens is 330 g/mol. The van der Waals surface area contributed by atoms with E-state index < -0.39 is 0 Å². The van der Waals surface area contributed by atoms with Crippen LogP contribution in [0.5, 0.6) is 11.5 Å². The molecule has 0 saturated carbocycles. The van der Waals surface area contributed by atoms with E-state index in [0.717, 1.165) is 27.2 Å². The first-order chi connectivity index (χ1) is 10.0. The number of ether oxygens (including phenoxy) is 2. The van der Waals surface area contributed by atoms with Crippen molar-refractivity contribution in [2.45, 2.75) is 19.9 Å². The number of hydrogen-bond acceptors (Lipinski definition) is 3. The number of methoxy groups -OCH3 is 2. The summed E-state index contributed by atoms with van der Waals surface area (Å²) in [6, 6.07) is 12.3. The van der Waals surface area contributed by atoms with Crippen LogP contribution in [0, 0.1) is 6.92 Å². The van der Waals surface area contributed by atoms with Gasteiger partial charge in [0.15, 0.2) is 0 Å². The predicted octanol–water partition coefficient (Wildman–Crippen LogP) is 4.95. The highest BCUT2D eigenvalue weighted by Crippen LogP contribution is 2.32. The third kappa shape index (κ3) is 3.91. The maximum absolute atomic E-state index is 5.46. The molecule has 1 unspecified atom stereocenters. The van der Waals surface area contributed by atoms with E-state index in [1.54, 1.807) is 14.2 Å². The van der Waals surface area contributed by atoms with Crippen molar-refractivity contribution in [2.75, 3.05) is 19.5 Å². The van der Waals surface area contributed by atoms with Crippen LogP contribution < -0.4 is 14.8 Å². The van der Waals surface area contributed by atoms with Crippen molar-refractivity contribution in [2.24, 2.45) is 0 Å². The number of benzene rings is 2. The number of aryl methyl sites for hydroxylation is 1. The highest BCUT2D eigenvalue weighted by atomic mass is 79.9. The van der Waals surface area contributed by atoms with Gasteiger partial charge in [0.2, 0.25) is 0 Å². The zero-order valence-corrected chi connectivity index (χ0v) is 14.3. The van der Waals surface area contributed by atoms with Crippen molar-refractivity contribution < 1.29 is 9.47 Å². The Bertz CT molecular complexity index is 608. The van der Waals surface area contributed by atoms with Gasteiger partial charge >= 0.3 is 0 Å². The summed E-state index contributed by atoms with van der Waals surface area (Å²) in [5, 5.41) is 3.50. The van der Waals surface area contributed by atoms with Gasteiger partial charge in [0.25, 0.3) is 0 Å². The molecule has 1 atom stereocenters. The molecule has 2 aromatic rings. The minimum absolute atomic E-state index is 0.125. The predicted molar refractivity (Wildman–Crippen MR) is 90.5 cm³/mol. The standard InChI is InChI=1S/C17H20BrNO2/c1-11-7-13(18)9-14(8-11)19-12(2)16-6-5-15(20-3)10-17(16)21-4/h5-10,12,19H,1-4H3. The van der Waals surface area contributed by atoms with Gasteiger partial charge in [0.1, 0.15) is 11.5 Å². The SMILES string of the molecule is COc1ccc(C(C)Nc2cc(C)cc(Br)c2)c(OC)c1. The second-order valence-corrected chi connectivity index (χ2v) is 5.91. The van der Waals surface area contributed by atoms with E-state index in [2.05, 4.69) is 53.3 Å². The molecule has 0 fully saturated rings. The average Bonchev–Trinajstić information content (AvgIpc) is 2.45. The Morgan fingerprint density at radius 3 is 2.43 bits per heavy atom. The van der Waals surface area contributed by atoms with Gasteiger partial charge < -0.3 is 14.8 Å². The van der Waals surface area contributed by atoms with Crippen LogP contribution in [0.2, 0.25) is 0 Å². The fourth-order valence-electron chi connectivity index (χ4n) is 2.32. The summed E-state index contributed by atoms with van der Waals surface area (Å²) < 4.78 is 11.8. The van der Waals surface area contributed by atoms with Gasteiger partial charge in [-0.2, -0.15) is 0 Å². The third-order valence-electron chi connectivity index (χ3n) is 3.33. The Morgan fingerprint density at radius 1 is 1.05 bits per heavy atom. The maximum Gasteiger partial charge on any atom is 0.127 e. The zero-order valence-electron chi connectivity index (χ0n) is 12.7. The van der Waals surface area contributed by atoms with Crippen molar-refractivity contribution in [1.82, 2.24) is 0 Å². The number of halogens is 1. The Kier molecular flexibility index (Phi) is 5.12. The van der Waals surface area contributed by atoms with Crippen LogP contribution in [0.1, 0.15) is 24.1 Å². The lowest BCUT2D eigenvalue weighted by atomic mass is 10.1. The highest BCUT2D eigenvalue weighted by molar-refractivity contribution is 9.10. The number of hydrogen-bond donors (Lipinski definition) is 1. The van der Waals surface area contributed by atoms with E-state index in [-0.39, 0.29) is 6.04 Å². The van der Waals surface area contributed by atoms with Crippen molar-refractivity contribution in [3.05, 3.63) is 52.0 Å². The molecule has 0 aliphatic carbocycles. The second-order valence-electron chi connectivity index (χ2n) is 4.99. The van der Waals surface area contributed by atoms with Crippen LogP contribution in [0.15, 0.2) is 40.9 Å². The van der Waals surface area contributed by atoms with Crippen LogP contribution in [-0.4, -0.2) is 14.2 Å². The van der Waals surface area contributed by atoms with Gasteiger partial charge in [-0.05, 0) is 49.7 Å². The summed E-state index contributed by atoms with van der Waals surface area (Å²) in [5.74, 6) is 1.61. The zero-order chi connectivity index (χ0) is 15.4. The van der Waals surface area contributed by atoms with Gasteiger partial charge in [-0.1, -0.05) is 15.9 Å². The highest BCUT2D eigenvalue weighted by Gasteiger charge is 2.12. The van der Waals surface area contributed by atoms with E-state index in [1.165, 1.54) is 5.56 Å². The second kappa shape index (κ2) is 6.85. The number of anilines is 1. The van der Waals surface area contributed by atoms with E-state index in [1.807, 2.05) is 18.2 Å². The Labute approximate surface area is 134 Å². The summed E-state index contributed by atoms with van der Waals surface area (Å²) in [7, 11) is 3.33. The third-order valence-corrected chi connectivity index (χ3v) is 3.79. The molecule has 2 aromatic carbocycles. The molecule has 0 aliphatic heterocycles. The molecule has 2 rings (SSSR count). The topological polar surface area (TPSA) is 30.5 Å². The van der Waals surface area contributed by atoms with E-state index >= 15 is 0 Å². The molecule has 4 heteroatoms. The quantitative estimate of drug-likeness (QED) is 0.828. The fraction of sp³-hybridized carbons (Fsp3) is 0.294. The van der Waals surface area contributed by atoms with Crippen molar-refractivity contribution in [1.29, 1.82) is 0 Å². The monoisotopic (exact) mass is 349 g/mol. The van der Waals surface area contributed by atoms with Crippen molar-refractivity contribution in [3.8, 4) is 11.5 Å². The Hall–Kier alpha value is -1.68. The molecule has 0 amide bonds. The lowest BCUT2D eigenvalue weighted by Gasteiger charge is -2.19. The Morgan fingerprint density at radius 2 is 1.81 bits per heavy atom. The first-order valence-electron chi connectivity index (χ1n) is 6.79. The largest absolute Gasteiger partial charge is 0.497 e. The van der Waals surface area contributed by atoms with Crippen LogP contribution in [0.3, 0.4) is 0 Å². The van der Waals surface area contributed by atoms with E-state index in [0.29, 0.717) is 0 Å². The van der Waals surface area contributed by atoms with Crippen LogP contribution in [0.4, 0.5) is 5.69 Å². The molecule has 0 spiro atoms. The van der Waals surface area contributed by atoms with E-state index in [9.17, 15) is 0 Å². The number of nitrogens with one attached hydrogen (secondary N) is 1. The average molecular weight is 350 g/mol. The van der Waals surface area contributed by atoms with Gasteiger partial charge in [0.05, 0.1) is 20.3 Å². The van der Waals surface area contributed by atoms with Crippen LogP contribution >= 0.6 is 15.9 Å². The molecule has 1 N–H and O–H groups in total. The molecule has 0 radical (unpaired) electrons. The van der Waals surface area contributed by atoms with Crippen LogP contribution in [-0.2, 0) is 0 Å². The van der Waals surface area contributed by atoms with Gasteiger partial charge in [0, 0.05) is 21.8 Å². The number of rotatable bonds is 5. The molecule has 0 heterocycles. The lowest BCUT2D eigenvalue weighted by molar-refractivity contribution is 0.390. The lowest BCUT2D eigenvalue weighted by Crippen LogP contribution is -2.08. The molecule has 21 heavy (non-hydrogen) atoms. The summed E-state index contributed by atoms with van der Waals surface area (Å²) in [4.78, 5) is 0. The summed E-state index contributed by atoms with van der Waals surface area (Å²) in [6.07, 6.45) is 0. The molecule has 0 aromatic heterocycles. The van der Waals surface area contributed by atoms with Crippen molar-refractivity contribution in [3.63, 3.8) is 0 Å². The first kappa shape index (κ1) is 15.7. The molecular formula is C17H20BrNO2. The molecule has 112 valence electrons. The summed E-state index contributed by atoms with van der Waals surface area (Å²) in [5.41, 5.74) is 3.38. The molecule has 0 saturated heterocycles. The van der Waals surface area contributed by atoms with Crippen molar-refractivity contribution >= 4 is 21.6 Å². The van der Waals surface area contributed by atoms with Gasteiger partial charge in [-0.3, -0.25) is 0 Å². The summed E-state index contributed by atoms with van der Waals surface area (Å²) in [6.45, 7) is 4.19.